The molecule has 0 unspecified atom stereocenters. The molecule has 0 amide bonds. The predicted molar refractivity (Wildman–Crippen MR) is 68.4 cm³/mol. The molecule has 0 aliphatic carbocycles. The summed E-state index contributed by atoms with van der Waals surface area (Å²) in [4.78, 5) is 2.47. The number of nitrogens with zero attached hydrogens (tertiary/aromatic N) is 1. The first kappa shape index (κ1) is 11.0. The minimum absolute atomic E-state index is 0.981. The lowest BCUT2D eigenvalue weighted by Gasteiger charge is -2.24. The van der Waals surface area contributed by atoms with Crippen molar-refractivity contribution in [1.82, 2.24) is 5.32 Å². The van der Waals surface area contributed by atoms with Crippen LogP contribution in [0.25, 0.3) is 0 Å². The van der Waals surface area contributed by atoms with Gasteiger partial charge in [-0.3, -0.25) is 0 Å². The van der Waals surface area contributed by atoms with E-state index in [2.05, 4.69) is 51.3 Å². The number of rotatable bonds is 2. The molecule has 2 rings (SSSR count). The molecule has 1 aliphatic heterocycles. The van der Waals surface area contributed by atoms with Crippen molar-refractivity contribution in [2.75, 3.05) is 24.5 Å². The summed E-state index contributed by atoms with van der Waals surface area (Å²) >= 11 is 3.53. The summed E-state index contributed by atoms with van der Waals surface area (Å²) in [5.74, 6) is 0. The van der Waals surface area contributed by atoms with E-state index in [1.54, 1.807) is 0 Å². The monoisotopic (exact) mass is 268 g/mol. The predicted octanol–water partition coefficient (Wildman–Crippen LogP) is 2.77. The van der Waals surface area contributed by atoms with Crippen LogP contribution in [0, 0.1) is 0 Å². The van der Waals surface area contributed by atoms with E-state index in [4.69, 9.17) is 0 Å². The molecule has 0 saturated carbocycles. The molecule has 0 atom stereocenters. The van der Waals surface area contributed by atoms with Gasteiger partial charge in [0.25, 0.3) is 0 Å². The van der Waals surface area contributed by atoms with Gasteiger partial charge in [-0.1, -0.05) is 22.9 Å². The molecule has 0 bridgehead atoms. The average Bonchev–Trinajstić information content (AvgIpc) is 2.41. The first-order valence-corrected chi connectivity index (χ1v) is 6.34. The van der Waals surface area contributed by atoms with Crippen molar-refractivity contribution in [2.24, 2.45) is 0 Å². The minimum atomic E-state index is 0.981. The summed E-state index contributed by atoms with van der Waals surface area (Å²) < 4.78 is 1.17. The number of anilines is 1. The zero-order valence-electron chi connectivity index (χ0n) is 9.09. The SMILES string of the molecule is CCCN1CCNCc2cc(Br)ccc21. The van der Waals surface area contributed by atoms with Crippen LogP contribution in [0.3, 0.4) is 0 Å². The Labute approximate surface area is 99.8 Å². The maximum absolute atomic E-state index is 3.53. The van der Waals surface area contributed by atoms with Gasteiger partial charge in [0.15, 0.2) is 0 Å². The number of nitrogens with one attached hydrogen (secondary N) is 1. The molecule has 1 aliphatic rings. The van der Waals surface area contributed by atoms with Crippen LogP contribution >= 0.6 is 15.9 Å². The molecule has 15 heavy (non-hydrogen) atoms. The number of fused-ring (bicyclic) bond motifs is 1. The fourth-order valence-corrected chi connectivity index (χ4v) is 2.47. The maximum atomic E-state index is 3.53. The molecule has 0 saturated heterocycles. The van der Waals surface area contributed by atoms with Crippen molar-refractivity contribution >= 4 is 21.6 Å². The Morgan fingerprint density at radius 2 is 2.33 bits per heavy atom. The van der Waals surface area contributed by atoms with Gasteiger partial charge in [0.05, 0.1) is 0 Å². The van der Waals surface area contributed by atoms with Gasteiger partial charge in [0.1, 0.15) is 0 Å². The molecule has 1 aromatic rings. The van der Waals surface area contributed by atoms with E-state index in [0.29, 0.717) is 0 Å². The van der Waals surface area contributed by atoms with E-state index in [9.17, 15) is 0 Å². The average molecular weight is 269 g/mol. The van der Waals surface area contributed by atoms with Gasteiger partial charge in [-0.15, -0.1) is 0 Å². The third-order valence-electron chi connectivity index (χ3n) is 2.75. The van der Waals surface area contributed by atoms with Crippen molar-refractivity contribution in [1.29, 1.82) is 0 Å². The molecule has 82 valence electrons. The highest BCUT2D eigenvalue weighted by Gasteiger charge is 2.13. The highest BCUT2D eigenvalue weighted by Crippen LogP contribution is 2.25. The van der Waals surface area contributed by atoms with Crippen LogP contribution in [0.1, 0.15) is 18.9 Å². The van der Waals surface area contributed by atoms with Gasteiger partial charge in [0, 0.05) is 36.3 Å². The Morgan fingerprint density at radius 3 is 3.13 bits per heavy atom. The molecule has 1 N–H and O–H groups in total. The summed E-state index contributed by atoms with van der Waals surface area (Å²) in [6, 6.07) is 6.57. The minimum Gasteiger partial charge on any atom is -0.370 e. The molecule has 1 aromatic carbocycles. The molecule has 2 nitrogen and oxygen atoms in total. The topological polar surface area (TPSA) is 15.3 Å². The molecule has 0 spiro atoms. The van der Waals surface area contributed by atoms with E-state index in [-0.39, 0.29) is 0 Å². The van der Waals surface area contributed by atoms with E-state index >= 15 is 0 Å². The van der Waals surface area contributed by atoms with Gasteiger partial charge >= 0.3 is 0 Å². The lowest BCUT2D eigenvalue weighted by Crippen LogP contribution is -2.29. The highest BCUT2D eigenvalue weighted by molar-refractivity contribution is 9.10. The van der Waals surface area contributed by atoms with E-state index in [1.165, 1.54) is 22.1 Å². The van der Waals surface area contributed by atoms with Gasteiger partial charge in [-0.2, -0.15) is 0 Å². The van der Waals surface area contributed by atoms with Crippen LogP contribution in [0.15, 0.2) is 22.7 Å². The van der Waals surface area contributed by atoms with Crippen LogP contribution in [0.4, 0.5) is 5.69 Å². The summed E-state index contributed by atoms with van der Waals surface area (Å²) in [5, 5.41) is 3.46. The van der Waals surface area contributed by atoms with E-state index in [0.717, 1.165) is 26.2 Å². The largest absolute Gasteiger partial charge is 0.370 e. The van der Waals surface area contributed by atoms with Crippen LogP contribution in [-0.4, -0.2) is 19.6 Å². The highest BCUT2D eigenvalue weighted by atomic mass is 79.9. The normalized spacial score (nSPS) is 16.0. The number of halogens is 1. The van der Waals surface area contributed by atoms with Crippen LogP contribution in [0.2, 0.25) is 0 Å². The van der Waals surface area contributed by atoms with Crippen molar-refractivity contribution in [2.45, 2.75) is 19.9 Å². The van der Waals surface area contributed by atoms with Crippen molar-refractivity contribution < 1.29 is 0 Å². The van der Waals surface area contributed by atoms with Crippen molar-refractivity contribution in [3.63, 3.8) is 0 Å². The molecule has 0 aromatic heterocycles. The summed E-state index contributed by atoms with van der Waals surface area (Å²) in [6.45, 7) is 6.55. The maximum Gasteiger partial charge on any atom is 0.0413 e. The molecule has 0 radical (unpaired) electrons. The fourth-order valence-electron chi connectivity index (χ4n) is 2.06. The number of hydrogen-bond acceptors (Lipinski definition) is 2. The zero-order valence-corrected chi connectivity index (χ0v) is 10.7. The summed E-state index contributed by atoms with van der Waals surface area (Å²) in [7, 11) is 0. The van der Waals surface area contributed by atoms with Crippen LogP contribution < -0.4 is 10.2 Å². The van der Waals surface area contributed by atoms with Gasteiger partial charge in [-0.25, -0.2) is 0 Å². The Balaban J connectivity index is 2.32. The second-order valence-corrected chi connectivity index (χ2v) is 4.85. The van der Waals surface area contributed by atoms with Crippen molar-refractivity contribution in [3.05, 3.63) is 28.2 Å². The third kappa shape index (κ3) is 2.52. The Kier molecular flexibility index (Phi) is 3.65. The Bertz CT molecular complexity index is 338. The molecular weight excluding hydrogens is 252 g/mol. The molecule has 1 heterocycles. The molecule has 3 heteroatoms. The van der Waals surface area contributed by atoms with Gasteiger partial charge in [0.2, 0.25) is 0 Å². The quantitative estimate of drug-likeness (QED) is 0.888. The first-order chi connectivity index (χ1) is 7.31. The molecule has 0 fully saturated rings. The second-order valence-electron chi connectivity index (χ2n) is 3.94. The van der Waals surface area contributed by atoms with Gasteiger partial charge in [-0.05, 0) is 30.2 Å². The number of benzene rings is 1. The van der Waals surface area contributed by atoms with E-state index < -0.39 is 0 Å². The Hall–Kier alpha value is -0.540. The van der Waals surface area contributed by atoms with Crippen molar-refractivity contribution in [3.8, 4) is 0 Å². The first-order valence-electron chi connectivity index (χ1n) is 5.55. The van der Waals surface area contributed by atoms with Gasteiger partial charge < -0.3 is 10.2 Å². The lowest BCUT2D eigenvalue weighted by molar-refractivity contribution is 0.683. The fraction of sp³-hybridized carbons (Fsp3) is 0.500. The van der Waals surface area contributed by atoms with Crippen LogP contribution in [0.5, 0.6) is 0 Å². The standard InChI is InChI=1S/C12H17BrN2/c1-2-6-15-7-5-14-9-10-8-11(13)3-4-12(10)15/h3-4,8,14H,2,5-7,9H2,1H3. The van der Waals surface area contributed by atoms with Crippen LogP contribution in [-0.2, 0) is 6.54 Å². The Morgan fingerprint density at radius 1 is 1.47 bits per heavy atom. The summed E-state index contributed by atoms with van der Waals surface area (Å²) in [5.41, 5.74) is 2.79. The summed E-state index contributed by atoms with van der Waals surface area (Å²) in [6.07, 6.45) is 1.20. The lowest BCUT2D eigenvalue weighted by atomic mass is 10.1. The number of hydrogen-bond donors (Lipinski definition) is 1. The zero-order chi connectivity index (χ0) is 10.7. The van der Waals surface area contributed by atoms with E-state index in [1.807, 2.05) is 0 Å². The smallest absolute Gasteiger partial charge is 0.0413 e. The third-order valence-corrected chi connectivity index (χ3v) is 3.24. The molecular formula is C12H17BrN2. The second kappa shape index (κ2) is 4.99.